The maximum Gasteiger partial charge on any atom is 0.411 e. The van der Waals surface area contributed by atoms with Gasteiger partial charge in [0.25, 0.3) is 0 Å². The molecule has 0 spiro atoms. The Morgan fingerprint density at radius 2 is 2.15 bits per heavy atom. The predicted molar refractivity (Wildman–Crippen MR) is 84.5 cm³/mol. The Hall–Kier alpha value is -0.710. The summed E-state index contributed by atoms with van der Waals surface area (Å²) in [4.78, 5) is 19.1. The number of piperidine rings is 1. The Labute approximate surface area is 126 Å². The van der Waals surface area contributed by atoms with Crippen molar-refractivity contribution in [3.8, 4) is 0 Å². The van der Waals surface area contributed by atoms with Crippen LogP contribution in [-0.2, 0) is 4.74 Å². The van der Waals surface area contributed by atoms with Gasteiger partial charge in [0.2, 0.25) is 0 Å². The first kappa shape index (κ1) is 15.7. The summed E-state index contributed by atoms with van der Waals surface area (Å²) in [5.74, 6) is 0.696. The molecule has 1 amide bonds. The summed E-state index contributed by atoms with van der Waals surface area (Å²) in [7, 11) is 0. The molecule has 1 saturated heterocycles. The Balaban J connectivity index is 2.20. The van der Waals surface area contributed by atoms with Crippen LogP contribution in [0.4, 0.5) is 4.79 Å². The molecule has 4 nitrogen and oxygen atoms in total. The molecule has 0 aliphatic carbocycles. The Morgan fingerprint density at radius 1 is 1.45 bits per heavy atom. The molecule has 2 bridgehead atoms. The zero-order valence-corrected chi connectivity index (χ0v) is 14.0. The van der Waals surface area contributed by atoms with Crippen LogP contribution in [0.2, 0.25) is 0 Å². The average Bonchev–Trinajstić information content (AvgIpc) is 2.35. The molecule has 5 heteroatoms. The van der Waals surface area contributed by atoms with E-state index in [2.05, 4.69) is 11.9 Å². The molecule has 1 fully saturated rings. The van der Waals surface area contributed by atoms with E-state index in [1.54, 1.807) is 11.8 Å². The standard InChI is InChI=1S/C15H26N2O2S/c1-6-10-7-11-9-16-13(20-5)12(8-10)17(11)14(18)19-15(2,3)4/h10-12H,6-9H2,1-5H3. The van der Waals surface area contributed by atoms with E-state index in [1.807, 2.05) is 31.9 Å². The Kier molecular flexibility index (Phi) is 4.67. The van der Waals surface area contributed by atoms with Crippen molar-refractivity contribution in [2.75, 3.05) is 12.8 Å². The highest BCUT2D eigenvalue weighted by molar-refractivity contribution is 8.13. The van der Waals surface area contributed by atoms with Gasteiger partial charge in [0.15, 0.2) is 0 Å². The SMILES string of the molecule is CCC1CC2CN=C(SC)C(C1)N2C(=O)OC(C)(C)C. The van der Waals surface area contributed by atoms with Crippen molar-refractivity contribution in [3.05, 3.63) is 0 Å². The number of aliphatic imine (C=N–C) groups is 1. The fourth-order valence-corrected chi connectivity index (χ4v) is 3.77. The van der Waals surface area contributed by atoms with Gasteiger partial charge in [-0.15, -0.1) is 11.8 Å². The summed E-state index contributed by atoms with van der Waals surface area (Å²) in [6.07, 6.45) is 5.12. The third-order valence-corrected chi connectivity index (χ3v) is 4.84. The lowest BCUT2D eigenvalue weighted by atomic mass is 9.83. The number of carbonyl (C=O) groups is 1. The molecule has 0 saturated carbocycles. The van der Waals surface area contributed by atoms with E-state index < -0.39 is 5.60 Å². The van der Waals surface area contributed by atoms with E-state index >= 15 is 0 Å². The maximum atomic E-state index is 12.5. The molecule has 0 radical (unpaired) electrons. The summed E-state index contributed by atoms with van der Waals surface area (Å²) < 4.78 is 5.60. The molecule has 0 aromatic rings. The van der Waals surface area contributed by atoms with Crippen molar-refractivity contribution in [1.82, 2.24) is 4.90 Å². The first-order valence-electron chi connectivity index (χ1n) is 7.45. The van der Waals surface area contributed by atoms with Crippen LogP contribution in [0.3, 0.4) is 0 Å². The van der Waals surface area contributed by atoms with Crippen molar-refractivity contribution < 1.29 is 9.53 Å². The van der Waals surface area contributed by atoms with Crippen molar-refractivity contribution in [1.29, 1.82) is 0 Å². The van der Waals surface area contributed by atoms with Crippen LogP contribution >= 0.6 is 11.8 Å². The van der Waals surface area contributed by atoms with Gasteiger partial charge in [-0.25, -0.2) is 4.79 Å². The molecule has 0 aromatic heterocycles. The zero-order chi connectivity index (χ0) is 14.9. The van der Waals surface area contributed by atoms with E-state index in [0.29, 0.717) is 5.92 Å². The van der Waals surface area contributed by atoms with Crippen LogP contribution in [0.15, 0.2) is 4.99 Å². The van der Waals surface area contributed by atoms with Gasteiger partial charge in [0.05, 0.1) is 23.7 Å². The number of hydrogen-bond donors (Lipinski definition) is 0. The van der Waals surface area contributed by atoms with Gasteiger partial charge < -0.3 is 4.74 Å². The number of thioether (sulfide) groups is 1. The highest BCUT2D eigenvalue weighted by Crippen LogP contribution is 2.36. The molecule has 114 valence electrons. The minimum absolute atomic E-state index is 0.122. The fraction of sp³-hybridized carbons (Fsp3) is 0.867. The number of fused-ring (bicyclic) bond motifs is 2. The molecule has 0 aromatic carbocycles. The van der Waals surface area contributed by atoms with Crippen LogP contribution < -0.4 is 0 Å². The van der Waals surface area contributed by atoms with E-state index in [9.17, 15) is 4.79 Å². The number of rotatable bonds is 1. The number of carbonyl (C=O) groups excluding carboxylic acids is 1. The molecule has 2 heterocycles. The minimum Gasteiger partial charge on any atom is -0.444 e. The summed E-state index contributed by atoms with van der Waals surface area (Å²) in [5.41, 5.74) is -0.441. The summed E-state index contributed by atoms with van der Waals surface area (Å²) in [6, 6.07) is 0.335. The number of amides is 1. The van der Waals surface area contributed by atoms with Gasteiger partial charge in [0.1, 0.15) is 5.60 Å². The molecule has 20 heavy (non-hydrogen) atoms. The van der Waals surface area contributed by atoms with Gasteiger partial charge >= 0.3 is 6.09 Å². The van der Waals surface area contributed by atoms with Crippen LogP contribution in [0.5, 0.6) is 0 Å². The van der Waals surface area contributed by atoms with E-state index in [0.717, 1.165) is 24.4 Å². The van der Waals surface area contributed by atoms with Crippen LogP contribution in [0.25, 0.3) is 0 Å². The normalized spacial score (nSPS) is 29.9. The van der Waals surface area contributed by atoms with Gasteiger partial charge in [0, 0.05) is 0 Å². The monoisotopic (exact) mass is 298 g/mol. The van der Waals surface area contributed by atoms with Gasteiger partial charge in [-0.05, 0) is 45.8 Å². The lowest BCUT2D eigenvalue weighted by molar-refractivity contribution is -0.00368. The van der Waals surface area contributed by atoms with Crippen molar-refractivity contribution in [3.63, 3.8) is 0 Å². The molecule has 2 rings (SSSR count). The van der Waals surface area contributed by atoms with Crippen LogP contribution in [0, 0.1) is 5.92 Å². The Bertz CT molecular complexity index is 403. The predicted octanol–water partition coefficient (Wildman–Crippen LogP) is 3.56. The number of nitrogens with zero attached hydrogens (tertiary/aromatic N) is 2. The van der Waals surface area contributed by atoms with Crippen molar-refractivity contribution >= 4 is 22.9 Å². The first-order chi connectivity index (χ1) is 9.35. The van der Waals surface area contributed by atoms with E-state index in [1.165, 1.54) is 6.42 Å². The average molecular weight is 298 g/mol. The third-order valence-electron chi connectivity index (χ3n) is 4.02. The van der Waals surface area contributed by atoms with Gasteiger partial charge in [-0.2, -0.15) is 0 Å². The van der Waals surface area contributed by atoms with Crippen molar-refractivity contribution in [2.45, 2.75) is 64.6 Å². The van der Waals surface area contributed by atoms with E-state index in [4.69, 9.17) is 4.74 Å². The van der Waals surface area contributed by atoms with Crippen molar-refractivity contribution in [2.24, 2.45) is 10.9 Å². The minimum atomic E-state index is -0.441. The third kappa shape index (κ3) is 3.30. The zero-order valence-electron chi connectivity index (χ0n) is 13.2. The molecular weight excluding hydrogens is 272 g/mol. The summed E-state index contributed by atoms with van der Waals surface area (Å²) in [6.45, 7) is 8.72. The smallest absolute Gasteiger partial charge is 0.411 e. The summed E-state index contributed by atoms with van der Waals surface area (Å²) >= 11 is 1.67. The quantitative estimate of drug-likeness (QED) is 0.743. The highest BCUT2D eigenvalue weighted by Gasteiger charge is 2.44. The first-order valence-corrected chi connectivity index (χ1v) is 8.67. The molecule has 2 aliphatic heterocycles. The van der Waals surface area contributed by atoms with Gasteiger partial charge in [-0.1, -0.05) is 13.3 Å². The highest BCUT2D eigenvalue weighted by atomic mass is 32.2. The number of ether oxygens (including phenoxy) is 1. The molecule has 2 aliphatic rings. The topological polar surface area (TPSA) is 41.9 Å². The Morgan fingerprint density at radius 3 is 2.70 bits per heavy atom. The van der Waals surface area contributed by atoms with Gasteiger partial charge in [-0.3, -0.25) is 9.89 Å². The maximum absolute atomic E-state index is 12.5. The van der Waals surface area contributed by atoms with E-state index in [-0.39, 0.29) is 18.2 Å². The second-order valence-electron chi connectivity index (χ2n) is 6.69. The second kappa shape index (κ2) is 5.96. The van der Waals surface area contributed by atoms with Crippen LogP contribution in [0.1, 0.15) is 47.0 Å². The largest absolute Gasteiger partial charge is 0.444 e. The molecule has 0 N–H and O–H groups in total. The van der Waals surface area contributed by atoms with Crippen LogP contribution in [-0.4, -0.2) is 46.5 Å². The second-order valence-corrected chi connectivity index (χ2v) is 7.51. The molecule has 3 unspecified atom stereocenters. The lowest BCUT2D eigenvalue weighted by Gasteiger charge is -2.47. The molecular formula is C15H26N2O2S. The summed E-state index contributed by atoms with van der Waals surface area (Å²) in [5, 5.41) is 1.09. The number of hydrogen-bond acceptors (Lipinski definition) is 4. The fourth-order valence-electron chi connectivity index (χ4n) is 3.09. The lowest BCUT2D eigenvalue weighted by Crippen LogP contribution is -2.59. The molecule has 3 atom stereocenters.